The van der Waals surface area contributed by atoms with Crippen LogP contribution in [0.25, 0.3) is 22.2 Å². The number of amides is 2. The van der Waals surface area contributed by atoms with Gasteiger partial charge >= 0.3 is 6.03 Å². The van der Waals surface area contributed by atoms with Crippen molar-refractivity contribution in [2.24, 2.45) is 0 Å². The molecule has 2 amide bonds. The number of fused-ring (bicyclic) bond motifs is 1. The van der Waals surface area contributed by atoms with E-state index in [-0.39, 0.29) is 17.9 Å². The lowest BCUT2D eigenvalue weighted by Gasteiger charge is -2.33. The van der Waals surface area contributed by atoms with Crippen LogP contribution in [0.4, 0.5) is 19.4 Å². The molecule has 1 aliphatic heterocycles. The monoisotopic (exact) mass is 493 g/mol. The van der Waals surface area contributed by atoms with Crippen LogP contribution in [-0.2, 0) is 6.54 Å². The summed E-state index contributed by atoms with van der Waals surface area (Å²) in [6, 6.07) is 8.94. The molecule has 11 heteroatoms. The highest BCUT2D eigenvalue weighted by atomic mass is 19.1. The number of carbonyl (C=O) groups is 1. The number of anilines is 1. The largest absolute Gasteiger partial charge is 0.496 e. The summed E-state index contributed by atoms with van der Waals surface area (Å²) in [6.45, 7) is 1.79. The average molecular weight is 494 g/mol. The predicted molar refractivity (Wildman–Crippen MR) is 130 cm³/mol. The predicted octanol–water partition coefficient (Wildman–Crippen LogP) is 4.09. The second-order valence-electron chi connectivity index (χ2n) is 8.65. The number of aromatic nitrogens is 4. The molecule has 1 aromatic carbocycles. The summed E-state index contributed by atoms with van der Waals surface area (Å²) in [5, 5.41) is 13.6. The van der Waals surface area contributed by atoms with Crippen LogP contribution in [0.15, 0.2) is 48.8 Å². The van der Waals surface area contributed by atoms with Crippen LogP contribution in [0.5, 0.6) is 5.75 Å². The van der Waals surface area contributed by atoms with Gasteiger partial charge in [-0.3, -0.25) is 15.3 Å². The number of ether oxygens (including phenoxy) is 1. The van der Waals surface area contributed by atoms with Gasteiger partial charge in [-0.25, -0.2) is 19.2 Å². The van der Waals surface area contributed by atoms with Gasteiger partial charge in [-0.1, -0.05) is 6.07 Å². The summed E-state index contributed by atoms with van der Waals surface area (Å²) in [7, 11) is 1.53. The average Bonchev–Trinajstić information content (AvgIpc) is 3.29. The molecule has 5 rings (SSSR count). The van der Waals surface area contributed by atoms with Crippen molar-refractivity contribution in [3.8, 4) is 17.0 Å². The smallest absolute Gasteiger partial charge is 0.320 e. The molecule has 1 fully saturated rings. The van der Waals surface area contributed by atoms with Crippen molar-refractivity contribution in [1.29, 1.82) is 0 Å². The number of nitrogens with one attached hydrogen (secondary N) is 3. The topological polar surface area (TPSA) is 108 Å². The molecule has 186 valence electrons. The Bertz CT molecular complexity index is 1390. The molecule has 0 aliphatic carbocycles. The molecule has 1 aliphatic rings. The highest BCUT2D eigenvalue weighted by molar-refractivity contribution is 5.95. The molecular formula is C25H25F2N7O2. The van der Waals surface area contributed by atoms with Gasteiger partial charge in [0.1, 0.15) is 23.1 Å². The summed E-state index contributed by atoms with van der Waals surface area (Å²) in [6.07, 6.45) is 4.64. The Morgan fingerprint density at radius 1 is 1.25 bits per heavy atom. The first kappa shape index (κ1) is 23.6. The van der Waals surface area contributed by atoms with Crippen LogP contribution >= 0.6 is 0 Å². The number of carbonyl (C=O) groups excluding carboxylic acids is 1. The molecule has 0 spiro atoms. The molecule has 0 saturated carbocycles. The number of aromatic amines is 1. The van der Waals surface area contributed by atoms with Crippen molar-refractivity contribution >= 4 is 22.8 Å². The number of hydrogen-bond donors (Lipinski definition) is 3. The summed E-state index contributed by atoms with van der Waals surface area (Å²) < 4.78 is 33.2. The van der Waals surface area contributed by atoms with Crippen LogP contribution < -0.4 is 15.4 Å². The standard InChI is InChI=1S/C25H25F2N7O2/c1-36-21-6-2-5-19(26)18(21)14-34-9-3-4-16(13-34)30-25(35)31-23-11-20-17(12-29-23)24(33-32-20)15-7-8-28-22(27)10-15/h2,5-8,10-12,16H,3-4,9,13-14H2,1H3,(H,32,33)(H2,29,30,31,35). The SMILES string of the molecule is COc1cccc(F)c1CN1CCCC(NC(=O)Nc2cc3[nH]nc(-c4ccnc(F)c4)c3cn2)C1. The van der Waals surface area contributed by atoms with Gasteiger partial charge in [0.25, 0.3) is 0 Å². The lowest BCUT2D eigenvalue weighted by Crippen LogP contribution is -2.48. The van der Waals surface area contributed by atoms with Gasteiger partial charge in [0.15, 0.2) is 0 Å². The minimum Gasteiger partial charge on any atom is -0.496 e. The van der Waals surface area contributed by atoms with Crippen molar-refractivity contribution in [2.75, 3.05) is 25.5 Å². The van der Waals surface area contributed by atoms with E-state index in [4.69, 9.17) is 4.74 Å². The van der Waals surface area contributed by atoms with E-state index in [0.29, 0.717) is 52.4 Å². The van der Waals surface area contributed by atoms with Gasteiger partial charge in [-0.2, -0.15) is 9.49 Å². The van der Waals surface area contributed by atoms with Gasteiger partial charge in [0.05, 0.1) is 12.6 Å². The second kappa shape index (κ2) is 10.2. The third-order valence-electron chi connectivity index (χ3n) is 6.21. The molecule has 1 unspecified atom stereocenters. The lowest BCUT2D eigenvalue weighted by atomic mass is 10.0. The van der Waals surface area contributed by atoms with Crippen LogP contribution in [-0.4, -0.2) is 57.3 Å². The number of benzene rings is 1. The van der Waals surface area contributed by atoms with E-state index < -0.39 is 5.95 Å². The van der Waals surface area contributed by atoms with E-state index >= 15 is 0 Å². The molecule has 36 heavy (non-hydrogen) atoms. The van der Waals surface area contributed by atoms with Crippen LogP contribution in [0.1, 0.15) is 18.4 Å². The summed E-state index contributed by atoms with van der Waals surface area (Å²) in [5.41, 5.74) is 2.28. The molecular weight excluding hydrogens is 468 g/mol. The first-order valence-corrected chi connectivity index (χ1v) is 11.6. The number of nitrogens with zero attached hydrogens (tertiary/aromatic N) is 4. The Hall–Kier alpha value is -4.12. The molecule has 4 aromatic rings. The Morgan fingerprint density at radius 3 is 2.97 bits per heavy atom. The minimum absolute atomic E-state index is 0.0967. The van der Waals surface area contributed by atoms with Crippen LogP contribution in [0.2, 0.25) is 0 Å². The van der Waals surface area contributed by atoms with Gasteiger partial charge in [-0.05, 0) is 37.6 Å². The maximum atomic E-state index is 14.3. The number of H-pyrrole nitrogens is 1. The molecule has 0 bridgehead atoms. The van der Waals surface area contributed by atoms with Gasteiger partial charge in [0, 0.05) is 60.2 Å². The Labute approximate surface area is 205 Å². The summed E-state index contributed by atoms with van der Waals surface area (Å²) in [4.78, 5) is 22.6. The Balaban J connectivity index is 1.21. The molecule has 0 radical (unpaired) electrons. The Kier molecular flexibility index (Phi) is 6.72. The van der Waals surface area contributed by atoms with E-state index in [1.807, 2.05) is 0 Å². The zero-order chi connectivity index (χ0) is 25.1. The van der Waals surface area contributed by atoms with Crippen molar-refractivity contribution in [3.05, 3.63) is 66.1 Å². The van der Waals surface area contributed by atoms with Crippen LogP contribution in [0.3, 0.4) is 0 Å². The number of piperidine rings is 1. The molecule has 3 aromatic heterocycles. The zero-order valence-electron chi connectivity index (χ0n) is 19.6. The maximum absolute atomic E-state index is 14.3. The maximum Gasteiger partial charge on any atom is 0.320 e. The van der Waals surface area contributed by atoms with Crippen molar-refractivity contribution in [2.45, 2.75) is 25.4 Å². The van der Waals surface area contributed by atoms with Gasteiger partial charge in [-0.15, -0.1) is 0 Å². The fourth-order valence-electron chi connectivity index (χ4n) is 4.51. The molecule has 9 nitrogen and oxygen atoms in total. The third kappa shape index (κ3) is 5.10. The quantitative estimate of drug-likeness (QED) is 0.349. The van der Waals surface area contributed by atoms with E-state index in [2.05, 4.69) is 35.7 Å². The number of urea groups is 1. The zero-order valence-corrected chi connectivity index (χ0v) is 19.6. The number of pyridine rings is 2. The first-order valence-electron chi connectivity index (χ1n) is 11.6. The molecule has 4 heterocycles. The van der Waals surface area contributed by atoms with Crippen LogP contribution in [0, 0.1) is 11.8 Å². The van der Waals surface area contributed by atoms with Crippen molar-refractivity contribution < 1.29 is 18.3 Å². The first-order chi connectivity index (χ1) is 17.5. The molecule has 1 atom stereocenters. The number of halogens is 2. The van der Waals surface area contributed by atoms with E-state index in [9.17, 15) is 13.6 Å². The summed E-state index contributed by atoms with van der Waals surface area (Å²) in [5.74, 6) is -0.0410. The normalized spacial score (nSPS) is 16.1. The van der Waals surface area contributed by atoms with E-state index in [1.165, 1.54) is 25.4 Å². The fraction of sp³-hybridized carbons (Fsp3) is 0.280. The highest BCUT2D eigenvalue weighted by Crippen LogP contribution is 2.27. The third-order valence-corrected chi connectivity index (χ3v) is 6.21. The second-order valence-corrected chi connectivity index (χ2v) is 8.65. The number of likely N-dealkylation sites (tertiary alicyclic amines) is 1. The van der Waals surface area contributed by atoms with Crippen molar-refractivity contribution in [3.63, 3.8) is 0 Å². The number of hydrogen-bond acceptors (Lipinski definition) is 6. The fourth-order valence-corrected chi connectivity index (χ4v) is 4.51. The number of rotatable bonds is 6. The van der Waals surface area contributed by atoms with Gasteiger partial charge < -0.3 is 10.1 Å². The molecule has 1 saturated heterocycles. The Morgan fingerprint density at radius 2 is 2.14 bits per heavy atom. The highest BCUT2D eigenvalue weighted by Gasteiger charge is 2.23. The lowest BCUT2D eigenvalue weighted by molar-refractivity contribution is 0.180. The number of methoxy groups -OCH3 is 1. The molecule has 3 N–H and O–H groups in total. The summed E-state index contributed by atoms with van der Waals surface area (Å²) >= 11 is 0. The van der Waals surface area contributed by atoms with E-state index in [1.54, 1.807) is 30.5 Å². The minimum atomic E-state index is -0.596. The van der Waals surface area contributed by atoms with Gasteiger partial charge in [0.2, 0.25) is 5.95 Å². The van der Waals surface area contributed by atoms with E-state index in [0.717, 1.165) is 19.4 Å². The van der Waals surface area contributed by atoms with Crippen molar-refractivity contribution in [1.82, 2.24) is 30.4 Å².